The summed E-state index contributed by atoms with van der Waals surface area (Å²) in [4.78, 5) is 5.31. The van der Waals surface area contributed by atoms with Crippen molar-refractivity contribution in [2.75, 3.05) is 18.5 Å². The molecule has 1 aromatic carbocycles. The molecule has 4 rings (SSSR count). The molecule has 3 nitrogen and oxygen atoms in total. The summed E-state index contributed by atoms with van der Waals surface area (Å²) >= 11 is 7.64. The van der Waals surface area contributed by atoms with Crippen LogP contribution in [-0.2, 0) is 0 Å². The first-order chi connectivity index (χ1) is 11.8. The van der Waals surface area contributed by atoms with Crippen LogP contribution in [0.4, 0.5) is 5.69 Å². The van der Waals surface area contributed by atoms with Crippen LogP contribution < -0.4 is 10.1 Å². The Morgan fingerprint density at radius 2 is 2.21 bits per heavy atom. The van der Waals surface area contributed by atoms with Gasteiger partial charge in [-0.1, -0.05) is 23.7 Å². The van der Waals surface area contributed by atoms with Gasteiger partial charge in [-0.15, -0.1) is 11.3 Å². The van der Waals surface area contributed by atoms with Crippen LogP contribution in [0.3, 0.4) is 0 Å². The number of fused-ring (bicyclic) bond motifs is 1. The number of nitrogens with one attached hydrogen (secondary N) is 1. The van der Waals surface area contributed by atoms with Crippen molar-refractivity contribution in [1.29, 1.82) is 0 Å². The molecule has 1 aliphatic heterocycles. The van der Waals surface area contributed by atoms with E-state index in [1.165, 1.54) is 10.4 Å². The highest BCUT2D eigenvalue weighted by molar-refractivity contribution is 7.19. The molecule has 1 atom stereocenters. The Morgan fingerprint density at radius 1 is 1.25 bits per heavy atom. The first kappa shape index (κ1) is 15.5. The Morgan fingerprint density at radius 3 is 3.00 bits per heavy atom. The number of pyridine rings is 1. The van der Waals surface area contributed by atoms with Gasteiger partial charge >= 0.3 is 0 Å². The van der Waals surface area contributed by atoms with Crippen LogP contribution in [0.15, 0.2) is 54.9 Å². The highest BCUT2D eigenvalue weighted by atomic mass is 35.5. The van der Waals surface area contributed by atoms with E-state index in [0.717, 1.165) is 40.9 Å². The number of halogens is 1. The summed E-state index contributed by atoms with van der Waals surface area (Å²) in [6, 6.07) is 14.4. The summed E-state index contributed by atoms with van der Waals surface area (Å²) in [6.45, 7) is 1.63. The summed E-state index contributed by atoms with van der Waals surface area (Å²) in [5.41, 5.74) is 3.48. The van der Waals surface area contributed by atoms with Gasteiger partial charge in [0, 0.05) is 29.7 Å². The van der Waals surface area contributed by atoms with Gasteiger partial charge in [-0.3, -0.25) is 4.98 Å². The van der Waals surface area contributed by atoms with Gasteiger partial charge in [-0.25, -0.2) is 0 Å². The fourth-order valence-electron chi connectivity index (χ4n) is 3.01. The number of anilines is 1. The Balaban J connectivity index is 1.54. The Labute approximate surface area is 150 Å². The van der Waals surface area contributed by atoms with E-state index in [1.54, 1.807) is 17.5 Å². The Kier molecular flexibility index (Phi) is 4.41. The predicted molar refractivity (Wildman–Crippen MR) is 100 cm³/mol. The number of aromatic nitrogens is 1. The zero-order valence-electron chi connectivity index (χ0n) is 13.0. The SMILES string of the molecule is Clc1ccc(-c2ccc3c(c2)OCCC3CNc2cccnc2)s1. The summed E-state index contributed by atoms with van der Waals surface area (Å²) < 4.78 is 6.71. The van der Waals surface area contributed by atoms with E-state index in [-0.39, 0.29) is 0 Å². The average Bonchev–Trinajstić information content (AvgIpc) is 3.07. The molecular weight excluding hydrogens is 340 g/mol. The molecule has 5 heteroatoms. The normalized spacial score (nSPS) is 16.3. The van der Waals surface area contributed by atoms with E-state index in [0.29, 0.717) is 5.92 Å². The van der Waals surface area contributed by atoms with Crippen molar-refractivity contribution in [3.8, 4) is 16.2 Å². The Bertz CT molecular complexity index is 834. The second-order valence-electron chi connectivity index (χ2n) is 5.81. The molecule has 1 unspecified atom stereocenters. The van der Waals surface area contributed by atoms with Gasteiger partial charge in [0.05, 0.1) is 16.6 Å². The number of hydrogen-bond acceptors (Lipinski definition) is 4. The first-order valence-electron chi connectivity index (χ1n) is 7.96. The van der Waals surface area contributed by atoms with Crippen molar-refractivity contribution < 1.29 is 4.74 Å². The minimum absolute atomic E-state index is 0.440. The van der Waals surface area contributed by atoms with Crippen LogP contribution in [0, 0.1) is 0 Å². The molecule has 0 saturated heterocycles. The van der Waals surface area contributed by atoms with Gasteiger partial charge in [0.2, 0.25) is 0 Å². The number of nitrogens with zero attached hydrogens (tertiary/aromatic N) is 1. The molecule has 0 fully saturated rings. The van der Waals surface area contributed by atoms with Crippen molar-refractivity contribution in [2.45, 2.75) is 12.3 Å². The standard InChI is InChI=1S/C19H17ClN2OS/c20-19-6-5-18(24-19)13-3-4-16-14(7-9-23-17(16)10-13)11-22-15-2-1-8-21-12-15/h1-6,8,10,12,14,22H,7,9,11H2. The van der Waals surface area contributed by atoms with Crippen molar-refractivity contribution in [1.82, 2.24) is 4.98 Å². The third kappa shape index (κ3) is 3.25. The van der Waals surface area contributed by atoms with E-state index >= 15 is 0 Å². The monoisotopic (exact) mass is 356 g/mol. The van der Waals surface area contributed by atoms with E-state index in [4.69, 9.17) is 16.3 Å². The predicted octanol–water partition coefficient (Wildman–Crippen LogP) is 5.44. The molecule has 0 spiro atoms. The van der Waals surface area contributed by atoms with Gasteiger partial charge in [-0.2, -0.15) is 0 Å². The molecule has 122 valence electrons. The number of benzene rings is 1. The van der Waals surface area contributed by atoms with Crippen LogP contribution >= 0.6 is 22.9 Å². The van der Waals surface area contributed by atoms with Crippen molar-refractivity contribution >= 4 is 28.6 Å². The lowest BCUT2D eigenvalue weighted by molar-refractivity contribution is 0.270. The summed E-state index contributed by atoms with van der Waals surface area (Å²) in [7, 11) is 0. The maximum Gasteiger partial charge on any atom is 0.123 e. The molecule has 1 N–H and O–H groups in total. The van der Waals surface area contributed by atoms with E-state index in [2.05, 4.69) is 34.6 Å². The fraction of sp³-hybridized carbons (Fsp3) is 0.211. The van der Waals surface area contributed by atoms with Crippen molar-refractivity contribution in [3.05, 3.63) is 64.8 Å². The first-order valence-corrected chi connectivity index (χ1v) is 9.15. The van der Waals surface area contributed by atoms with Gasteiger partial charge < -0.3 is 10.1 Å². The quantitative estimate of drug-likeness (QED) is 0.675. The highest BCUT2D eigenvalue weighted by Gasteiger charge is 2.22. The van der Waals surface area contributed by atoms with Crippen molar-refractivity contribution in [3.63, 3.8) is 0 Å². The minimum Gasteiger partial charge on any atom is -0.493 e. The zero-order chi connectivity index (χ0) is 16.4. The zero-order valence-corrected chi connectivity index (χ0v) is 14.6. The van der Waals surface area contributed by atoms with E-state index in [1.807, 2.05) is 24.4 Å². The third-order valence-corrected chi connectivity index (χ3v) is 5.53. The molecule has 3 aromatic rings. The summed E-state index contributed by atoms with van der Waals surface area (Å²) in [5.74, 6) is 1.43. The number of thiophene rings is 1. The molecule has 0 saturated carbocycles. The highest BCUT2D eigenvalue weighted by Crippen LogP contribution is 2.39. The molecule has 1 aliphatic rings. The fourth-order valence-corrected chi connectivity index (χ4v) is 4.05. The summed E-state index contributed by atoms with van der Waals surface area (Å²) in [5, 5.41) is 3.47. The van der Waals surface area contributed by atoms with Crippen LogP contribution in [0.25, 0.3) is 10.4 Å². The van der Waals surface area contributed by atoms with Crippen LogP contribution in [-0.4, -0.2) is 18.1 Å². The topological polar surface area (TPSA) is 34.1 Å². The Hall–Kier alpha value is -2.04. The third-order valence-electron chi connectivity index (χ3n) is 4.25. The van der Waals surface area contributed by atoms with Gasteiger partial charge in [-0.05, 0) is 47.9 Å². The molecule has 2 aromatic heterocycles. The summed E-state index contributed by atoms with van der Waals surface area (Å²) in [6.07, 6.45) is 4.65. The lowest BCUT2D eigenvalue weighted by Crippen LogP contribution is -2.20. The second kappa shape index (κ2) is 6.83. The number of ether oxygens (including phenoxy) is 1. The van der Waals surface area contributed by atoms with E-state index < -0.39 is 0 Å². The van der Waals surface area contributed by atoms with Crippen LogP contribution in [0.1, 0.15) is 17.9 Å². The van der Waals surface area contributed by atoms with Gasteiger partial charge in [0.15, 0.2) is 0 Å². The van der Waals surface area contributed by atoms with E-state index in [9.17, 15) is 0 Å². The largest absolute Gasteiger partial charge is 0.493 e. The van der Waals surface area contributed by atoms with Gasteiger partial charge in [0.25, 0.3) is 0 Å². The van der Waals surface area contributed by atoms with Gasteiger partial charge in [0.1, 0.15) is 5.75 Å². The molecule has 0 radical (unpaired) electrons. The number of rotatable bonds is 4. The second-order valence-corrected chi connectivity index (χ2v) is 7.53. The lowest BCUT2D eigenvalue weighted by Gasteiger charge is -2.27. The minimum atomic E-state index is 0.440. The number of hydrogen-bond donors (Lipinski definition) is 1. The van der Waals surface area contributed by atoms with Crippen molar-refractivity contribution in [2.24, 2.45) is 0 Å². The lowest BCUT2D eigenvalue weighted by atomic mass is 9.92. The molecular formula is C19H17ClN2OS. The molecule has 24 heavy (non-hydrogen) atoms. The average molecular weight is 357 g/mol. The molecule has 0 bridgehead atoms. The molecule has 0 aliphatic carbocycles. The molecule has 0 amide bonds. The molecule has 3 heterocycles. The smallest absolute Gasteiger partial charge is 0.123 e. The van der Waals surface area contributed by atoms with Crippen LogP contribution in [0.5, 0.6) is 5.75 Å². The van der Waals surface area contributed by atoms with Crippen LogP contribution in [0.2, 0.25) is 4.34 Å². The maximum atomic E-state index is 6.05. The maximum absolute atomic E-state index is 6.05.